The number of benzene rings is 2. The average Bonchev–Trinajstić information content (AvgIpc) is 3.06. The number of hydrogen-bond acceptors (Lipinski definition) is 4. The van der Waals surface area contributed by atoms with Gasteiger partial charge in [-0.15, -0.1) is 11.3 Å². The molecule has 0 aliphatic heterocycles. The Kier molecular flexibility index (Phi) is 4.16. The molecular formula is C17H12N2O3S. The highest BCUT2D eigenvalue weighted by Gasteiger charge is 2.14. The monoisotopic (exact) mass is 324 g/mol. The van der Waals surface area contributed by atoms with Gasteiger partial charge in [-0.1, -0.05) is 30.3 Å². The molecule has 0 radical (unpaired) electrons. The maximum Gasteiger partial charge on any atom is 0.355 e. The molecule has 1 aromatic heterocycles. The normalized spacial score (nSPS) is 10.3. The summed E-state index contributed by atoms with van der Waals surface area (Å²) in [5.41, 5.74) is 1.82. The van der Waals surface area contributed by atoms with Gasteiger partial charge in [0.2, 0.25) is 0 Å². The lowest BCUT2D eigenvalue weighted by Crippen LogP contribution is -2.12. The van der Waals surface area contributed by atoms with E-state index in [-0.39, 0.29) is 11.6 Å². The number of carbonyl (C=O) groups is 2. The Morgan fingerprint density at radius 2 is 1.70 bits per heavy atom. The van der Waals surface area contributed by atoms with E-state index in [1.165, 1.54) is 16.7 Å². The molecule has 3 aromatic rings. The van der Waals surface area contributed by atoms with Crippen molar-refractivity contribution in [3.05, 3.63) is 71.2 Å². The highest BCUT2D eigenvalue weighted by atomic mass is 32.1. The molecular weight excluding hydrogens is 312 g/mol. The highest BCUT2D eigenvalue weighted by molar-refractivity contribution is 7.13. The minimum atomic E-state index is -1.07. The zero-order valence-electron chi connectivity index (χ0n) is 11.9. The van der Waals surface area contributed by atoms with Crippen LogP contribution < -0.4 is 5.32 Å². The van der Waals surface area contributed by atoms with Gasteiger partial charge >= 0.3 is 5.97 Å². The number of carbonyl (C=O) groups excluding carboxylic acids is 1. The summed E-state index contributed by atoms with van der Waals surface area (Å²) in [6.07, 6.45) is 0. The van der Waals surface area contributed by atoms with Gasteiger partial charge in [0.25, 0.3) is 5.91 Å². The van der Waals surface area contributed by atoms with Crippen molar-refractivity contribution in [1.82, 2.24) is 4.98 Å². The van der Waals surface area contributed by atoms with Gasteiger partial charge in [0, 0.05) is 16.5 Å². The Balaban J connectivity index is 1.91. The number of nitrogens with one attached hydrogen (secondary N) is 1. The van der Waals surface area contributed by atoms with Gasteiger partial charge in [0.15, 0.2) is 5.69 Å². The Morgan fingerprint density at radius 3 is 2.39 bits per heavy atom. The number of carboxylic acids is 1. The van der Waals surface area contributed by atoms with Gasteiger partial charge in [0.1, 0.15) is 5.01 Å². The van der Waals surface area contributed by atoms with E-state index in [1.54, 1.807) is 42.5 Å². The largest absolute Gasteiger partial charge is 0.476 e. The zero-order chi connectivity index (χ0) is 16.2. The lowest BCUT2D eigenvalue weighted by molar-refractivity contribution is 0.0691. The number of hydrogen-bond donors (Lipinski definition) is 2. The maximum atomic E-state index is 12.3. The Bertz CT molecular complexity index is 859. The molecule has 0 aliphatic rings. The third kappa shape index (κ3) is 3.27. The van der Waals surface area contributed by atoms with Gasteiger partial charge in [0.05, 0.1) is 5.69 Å². The first-order chi connectivity index (χ1) is 11.1. The summed E-state index contributed by atoms with van der Waals surface area (Å²) in [6.45, 7) is 0. The third-order valence-corrected chi connectivity index (χ3v) is 4.04. The van der Waals surface area contributed by atoms with Crippen LogP contribution in [-0.2, 0) is 0 Å². The molecule has 0 bridgehead atoms. The Morgan fingerprint density at radius 1 is 1.00 bits per heavy atom. The van der Waals surface area contributed by atoms with E-state index >= 15 is 0 Å². The summed E-state index contributed by atoms with van der Waals surface area (Å²) in [4.78, 5) is 27.3. The van der Waals surface area contributed by atoms with Crippen molar-refractivity contribution in [2.24, 2.45) is 0 Å². The minimum Gasteiger partial charge on any atom is -0.476 e. The smallest absolute Gasteiger partial charge is 0.355 e. The second-order valence-electron chi connectivity index (χ2n) is 4.71. The van der Waals surface area contributed by atoms with Gasteiger partial charge in [-0.3, -0.25) is 4.79 Å². The molecule has 5 nitrogen and oxygen atoms in total. The van der Waals surface area contributed by atoms with Crippen molar-refractivity contribution in [3.8, 4) is 10.6 Å². The average molecular weight is 324 g/mol. The first kappa shape index (κ1) is 14.9. The number of carboxylic acid groups (broad SMARTS) is 1. The molecule has 0 aliphatic carbocycles. The predicted octanol–water partition coefficient (Wildman–Crippen LogP) is 3.76. The zero-order valence-corrected chi connectivity index (χ0v) is 12.7. The van der Waals surface area contributed by atoms with Crippen molar-refractivity contribution in [2.75, 3.05) is 5.32 Å². The SMILES string of the molecule is O=C(Nc1ccccc1-c1nc(C(=O)O)cs1)c1ccccc1. The summed E-state index contributed by atoms with van der Waals surface area (Å²) in [5, 5.41) is 13.9. The van der Waals surface area contributed by atoms with Crippen LogP contribution in [0.2, 0.25) is 0 Å². The van der Waals surface area contributed by atoms with Crippen molar-refractivity contribution in [1.29, 1.82) is 0 Å². The quantitative estimate of drug-likeness (QED) is 0.766. The topological polar surface area (TPSA) is 79.3 Å². The van der Waals surface area contributed by atoms with E-state index in [4.69, 9.17) is 5.11 Å². The molecule has 0 atom stereocenters. The number of aromatic nitrogens is 1. The second kappa shape index (κ2) is 6.41. The first-order valence-electron chi connectivity index (χ1n) is 6.80. The van der Waals surface area contributed by atoms with Crippen LogP contribution in [0.3, 0.4) is 0 Å². The van der Waals surface area contributed by atoms with Crippen molar-refractivity contribution in [3.63, 3.8) is 0 Å². The Hall–Kier alpha value is -2.99. The van der Waals surface area contributed by atoms with Crippen LogP contribution in [0, 0.1) is 0 Å². The summed E-state index contributed by atoms with van der Waals surface area (Å²) < 4.78 is 0. The summed E-state index contributed by atoms with van der Waals surface area (Å²) in [5.74, 6) is -1.30. The number of aromatic carboxylic acids is 1. The minimum absolute atomic E-state index is 0.00538. The third-order valence-electron chi connectivity index (χ3n) is 3.16. The number of para-hydroxylation sites is 1. The molecule has 0 spiro atoms. The first-order valence-corrected chi connectivity index (χ1v) is 7.68. The fourth-order valence-corrected chi connectivity index (χ4v) is 2.89. The van der Waals surface area contributed by atoms with Gasteiger partial charge in [-0.2, -0.15) is 0 Å². The van der Waals surface area contributed by atoms with Crippen molar-refractivity contribution in [2.45, 2.75) is 0 Å². The molecule has 3 rings (SSSR count). The van der Waals surface area contributed by atoms with E-state index < -0.39 is 5.97 Å². The predicted molar refractivity (Wildman–Crippen MR) is 88.9 cm³/mol. The van der Waals surface area contributed by atoms with Gasteiger partial charge < -0.3 is 10.4 Å². The molecule has 6 heteroatoms. The van der Waals surface area contributed by atoms with Gasteiger partial charge in [-0.25, -0.2) is 9.78 Å². The van der Waals surface area contributed by atoms with Crippen LogP contribution in [0.4, 0.5) is 5.69 Å². The van der Waals surface area contributed by atoms with Crippen molar-refractivity contribution < 1.29 is 14.7 Å². The number of amides is 1. The molecule has 0 saturated carbocycles. The Labute approximate surface area is 136 Å². The standard InChI is InChI=1S/C17H12N2O3S/c20-15(11-6-2-1-3-7-11)18-13-9-5-4-8-12(13)16-19-14(10-23-16)17(21)22/h1-10H,(H,18,20)(H,21,22). The number of rotatable bonds is 4. The van der Waals surface area contributed by atoms with E-state index in [0.717, 1.165) is 0 Å². The highest BCUT2D eigenvalue weighted by Crippen LogP contribution is 2.30. The van der Waals surface area contributed by atoms with Crippen molar-refractivity contribution >= 4 is 28.9 Å². The van der Waals surface area contributed by atoms with E-state index in [1.807, 2.05) is 12.1 Å². The molecule has 2 N–H and O–H groups in total. The summed E-state index contributed by atoms with van der Waals surface area (Å²) >= 11 is 1.22. The molecule has 1 heterocycles. The molecule has 114 valence electrons. The van der Waals surface area contributed by atoms with E-state index in [9.17, 15) is 9.59 Å². The molecule has 2 aromatic carbocycles. The summed E-state index contributed by atoms with van der Waals surface area (Å²) in [7, 11) is 0. The number of nitrogens with zero attached hydrogens (tertiary/aromatic N) is 1. The molecule has 0 unspecified atom stereocenters. The van der Waals surface area contributed by atoms with Crippen LogP contribution in [0.5, 0.6) is 0 Å². The molecule has 0 saturated heterocycles. The molecule has 1 amide bonds. The van der Waals surface area contributed by atoms with Crippen LogP contribution in [-0.4, -0.2) is 22.0 Å². The van der Waals surface area contributed by atoms with Gasteiger partial charge in [-0.05, 0) is 24.3 Å². The fourth-order valence-electron chi connectivity index (χ4n) is 2.06. The lowest BCUT2D eigenvalue weighted by Gasteiger charge is -2.09. The van der Waals surface area contributed by atoms with E-state index in [2.05, 4.69) is 10.3 Å². The van der Waals surface area contributed by atoms with Crippen LogP contribution >= 0.6 is 11.3 Å². The van der Waals surface area contributed by atoms with E-state index in [0.29, 0.717) is 21.8 Å². The maximum absolute atomic E-state index is 12.3. The fraction of sp³-hybridized carbons (Fsp3) is 0. The lowest BCUT2D eigenvalue weighted by atomic mass is 10.1. The van der Waals surface area contributed by atoms with Crippen LogP contribution in [0.15, 0.2) is 60.0 Å². The van der Waals surface area contributed by atoms with Crippen LogP contribution in [0.1, 0.15) is 20.8 Å². The molecule has 0 fully saturated rings. The molecule has 23 heavy (non-hydrogen) atoms. The number of thiazole rings is 1. The second-order valence-corrected chi connectivity index (χ2v) is 5.57. The van der Waals surface area contributed by atoms with Crippen LogP contribution in [0.25, 0.3) is 10.6 Å². The number of anilines is 1. The summed E-state index contributed by atoms with van der Waals surface area (Å²) in [6, 6.07) is 16.1.